The number of epoxide rings is 2. The van der Waals surface area contributed by atoms with Crippen LogP contribution >= 0.6 is 0 Å². The molecular weight excluding hydrogens is 420 g/mol. The lowest BCUT2D eigenvalue weighted by Crippen LogP contribution is -2.35. The molecule has 2 saturated heterocycles. The van der Waals surface area contributed by atoms with Gasteiger partial charge in [-0.15, -0.1) is 0 Å². The second-order valence-electron chi connectivity index (χ2n) is 9.55. The molecule has 2 aromatic rings. The fourth-order valence-corrected chi connectivity index (χ4v) is 5.11. The van der Waals surface area contributed by atoms with Crippen molar-refractivity contribution in [3.05, 3.63) is 59.7 Å². The molecule has 0 saturated carbocycles. The second-order valence-corrected chi connectivity index (χ2v) is 9.55. The molecule has 2 fully saturated rings. The minimum atomic E-state index is -0.490. The maximum Gasteiger partial charge on any atom is 0.308 e. The molecule has 174 valence electrons. The Morgan fingerprint density at radius 2 is 1.21 bits per heavy atom. The lowest BCUT2D eigenvalue weighted by Gasteiger charge is -2.36. The van der Waals surface area contributed by atoms with E-state index < -0.39 is 5.41 Å². The third-order valence-corrected chi connectivity index (χ3v) is 6.92. The van der Waals surface area contributed by atoms with E-state index in [9.17, 15) is 9.59 Å². The van der Waals surface area contributed by atoms with E-state index >= 15 is 0 Å². The Morgan fingerprint density at radius 1 is 0.818 bits per heavy atom. The first-order valence-electron chi connectivity index (χ1n) is 11.7. The van der Waals surface area contributed by atoms with Crippen LogP contribution in [0.15, 0.2) is 48.5 Å². The summed E-state index contributed by atoms with van der Waals surface area (Å²) in [6, 6.07) is 16.6. The number of hydrogen-bond donors (Lipinski definition) is 0. The normalized spacial score (nSPS) is 23.1. The molecule has 0 aromatic heterocycles. The van der Waals surface area contributed by atoms with Crippen molar-refractivity contribution in [1.29, 1.82) is 0 Å². The lowest BCUT2D eigenvalue weighted by molar-refractivity contribution is -0.149. The van der Waals surface area contributed by atoms with Gasteiger partial charge in [-0.05, 0) is 35.1 Å². The highest BCUT2D eigenvalue weighted by molar-refractivity contribution is 5.83. The average Bonchev–Trinajstić information content (AvgIpc) is 3.76. The number of ether oxygens (including phenoxy) is 4. The molecule has 33 heavy (non-hydrogen) atoms. The monoisotopic (exact) mass is 450 g/mol. The zero-order valence-electron chi connectivity index (χ0n) is 19.1. The van der Waals surface area contributed by atoms with E-state index in [0.29, 0.717) is 39.3 Å². The molecule has 1 aliphatic carbocycles. The van der Waals surface area contributed by atoms with Crippen molar-refractivity contribution in [3.8, 4) is 11.1 Å². The molecule has 2 heterocycles. The Bertz CT molecular complexity index is 955. The van der Waals surface area contributed by atoms with Gasteiger partial charge in [0.15, 0.2) is 0 Å². The topological polar surface area (TPSA) is 77.7 Å². The second kappa shape index (κ2) is 8.92. The number of rotatable bonds is 10. The summed E-state index contributed by atoms with van der Waals surface area (Å²) in [7, 11) is 0. The van der Waals surface area contributed by atoms with Gasteiger partial charge in [-0.3, -0.25) is 9.59 Å². The predicted octanol–water partition coefficient (Wildman–Crippen LogP) is 3.89. The van der Waals surface area contributed by atoms with E-state index in [1.807, 2.05) is 38.1 Å². The van der Waals surface area contributed by atoms with Crippen molar-refractivity contribution in [3.63, 3.8) is 0 Å². The number of carbonyl (C=O) groups is 2. The average molecular weight is 451 g/mol. The Balaban J connectivity index is 1.45. The summed E-state index contributed by atoms with van der Waals surface area (Å²) in [5.74, 6) is -1.14. The zero-order chi connectivity index (χ0) is 23.0. The Hall–Kier alpha value is -2.70. The maximum atomic E-state index is 12.8. The van der Waals surface area contributed by atoms with Crippen LogP contribution in [-0.4, -0.2) is 50.6 Å². The molecule has 5 rings (SSSR count). The van der Waals surface area contributed by atoms with E-state index in [4.69, 9.17) is 18.9 Å². The van der Waals surface area contributed by atoms with Crippen LogP contribution in [0.5, 0.6) is 0 Å². The maximum absolute atomic E-state index is 12.8. The van der Waals surface area contributed by atoms with Crippen LogP contribution in [0.4, 0.5) is 0 Å². The summed E-state index contributed by atoms with van der Waals surface area (Å²) >= 11 is 0. The number of hydrogen-bond acceptors (Lipinski definition) is 6. The van der Waals surface area contributed by atoms with Gasteiger partial charge in [-0.25, -0.2) is 0 Å². The van der Waals surface area contributed by atoms with Gasteiger partial charge in [-0.2, -0.15) is 0 Å². The van der Waals surface area contributed by atoms with Gasteiger partial charge in [0.25, 0.3) is 0 Å². The highest BCUT2D eigenvalue weighted by atomic mass is 16.6. The minimum Gasteiger partial charge on any atom is -0.463 e. The van der Waals surface area contributed by atoms with Crippen molar-refractivity contribution in [1.82, 2.24) is 0 Å². The summed E-state index contributed by atoms with van der Waals surface area (Å²) in [4.78, 5) is 25.7. The van der Waals surface area contributed by atoms with Crippen molar-refractivity contribution >= 4 is 11.9 Å². The first-order chi connectivity index (χ1) is 16.0. The van der Waals surface area contributed by atoms with Crippen LogP contribution in [0.1, 0.15) is 37.8 Å². The molecule has 3 aliphatic rings. The van der Waals surface area contributed by atoms with E-state index in [0.717, 1.165) is 22.3 Å². The number of carbonyl (C=O) groups excluding carboxylic acids is 2. The first-order valence-corrected chi connectivity index (χ1v) is 11.7. The molecule has 4 unspecified atom stereocenters. The van der Waals surface area contributed by atoms with Gasteiger partial charge >= 0.3 is 11.9 Å². The summed E-state index contributed by atoms with van der Waals surface area (Å²) in [5.41, 5.74) is 4.14. The summed E-state index contributed by atoms with van der Waals surface area (Å²) in [6.45, 7) is 5.73. The summed E-state index contributed by atoms with van der Waals surface area (Å²) in [5, 5.41) is 0. The van der Waals surface area contributed by atoms with Crippen molar-refractivity contribution < 1.29 is 28.5 Å². The molecule has 0 spiro atoms. The molecule has 0 bridgehead atoms. The fourth-order valence-electron chi connectivity index (χ4n) is 5.11. The zero-order valence-corrected chi connectivity index (χ0v) is 19.1. The van der Waals surface area contributed by atoms with Gasteiger partial charge in [0.1, 0.15) is 25.4 Å². The summed E-state index contributed by atoms with van der Waals surface area (Å²) < 4.78 is 21.4. The van der Waals surface area contributed by atoms with E-state index in [1.165, 1.54) is 0 Å². The Kier molecular flexibility index (Phi) is 5.97. The minimum absolute atomic E-state index is 0.0354. The van der Waals surface area contributed by atoms with Crippen LogP contribution in [0, 0.1) is 11.8 Å². The Morgan fingerprint density at radius 3 is 1.61 bits per heavy atom. The lowest BCUT2D eigenvalue weighted by atomic mass is 9.67. The third-order valence-electron chi connectivity index (χ3n) is 6.92. The number of fused-ring (bicyclic) bond motifs is 3. The number of benzene rings is 2. The predicted molar refractivity (Wildman–Crippen MR) is 122 cm³/mol. The smallest absolute Gasteiger partial charge is 0.308 e. The fraction of sp³-hybridized carbons (Fsp3) is 0.481. The first kappa shape index (κ1) is 22.1. The Labute approximate surface area is 194 Å². The largest absolute Gasteiger partial charge is 0.463 e. The standard InChI is InChI=1S/C27H30O6/c1-17(25(28)32-15-19-13-30-19)11-27(12-18(2)26(29)33-16-20-14-31-20)23-9-5-3-7-21(23)22-8-4-6-10-24(22)27/h3-10,17-20H,11-16H2,1-2H3. The molecule has 6 nitrogen and oxygen atoms in total. The molecule has 0 radical (unpaired) electrons. The van der Waals surface area contributed by atoms with Crippen molar-refractivity contribution in [2.75, 3.05) is 26.4 Å². The molecular formula is C27H30O6. The molecule has 0 amide bonds. The van der Waals surface area contributed by atoms with Gasteiger partial charge in [0.2, 0.25) is 0 Å². The van der Waals surface area contributed by atoms with Gasteiger partial charge in [-0.1, -0.05) is 62.4 Å². The summed E-state index contributed by atoms with van der Waals surface area (Å²) in [6.07, 6.45) is 1.17. The van der Waals surface area contributed by atoms with Crippen LogP contribution in [-0.2, 0) is 34.0 Å². The number of esters is 2. The van der Waals surface area contributed by atoms with Crippen LogP contribution in [0.2, 0.25) is 0 Å². The van der Waals surface area contributed by atoms with Crippen LogP contribution in [0.25, 0.3) is 11.1 Å². The van der Waals surface area contributed by atoms with Crippen LogP contribution in [0.3, 0.4) is 0 Å². The highest BCUT2D eigenvalue weighted by Gasteiger charge is 2.46. The van der Waals surface area contributed by atoms with Crippen molar-refractivity contribution in [2.24, 2.45) is 11.8 Å². The molecule has 0 N–H and O–H groups in total. The van der Waals surface area contributed by atoms with E-state index in [1.54, 1.807) is 0 Å². The third kappa shape index (κ3) is 4.55. The molecule has 6 heteroatoms. The van der Waals surface area contributed by atoms with Gasteiger partial charge in [0.05, 0.1) is 25.0 Å². The molecule has 2 aromatic carbocycles. The SMILES string of the molecule is CC(CC1(CC(C)C(=O)OCC2CO2)c2ccccc2-c2ccccc21)C(=O)OCC1CO1. The van der Waals surface area contributed by atoms with E-state index in [-0.39, 0.29) is 36.0 Å². The van der Waals surface area contributed by atoms with Gasteiger partial charge < -0.3 is 18.9 Å². The van der Waals surface area contributed by atoms with Crippen LogP contribution < -0.4 is 0 Å². The van der Waals surface area contributed by atoms with Gasteiger partial charge in [0, 0.05) is 5.41 Å². The highest BCUT2D eigenvalue weighted by Crippen LogP contribution is 2.55. The van der Waals surface area contributed by atoms with Crippen molar-refractivity contribution in [2.45, 2.75) is 44.3 Å². The molecule has 4 atom stereocenters. The quantitative estimate of drug-likeness (QED) is 0.404. The van der Waals surface area contributed by atoms with E-state index in [2.05, 4.69) is 24.3 Å². The molecule has 2 aliphatic heterocycles.